The quantitative estimate of drug-likeness (QED) is 0.611. The summed E-state index contributed by atoms with van der Waals surface area (Å²) in [7, 11) is 0. The molecule has 1 unspecified atom stereocenters. The third kappa shape index (κ3) is 3.48. The van der Waals surface area contributed by atoms with Gasteiger partial charge in [-0.25, -0.2) is 0 Å². The summed E-state index contributed by atoms with van der Waals surface area (Å²) in [5.74, 6) is -0.733. The van der Waals surface area contributed by atoms with Gasteiger partial charge in [0, 0.05) is 6.54 Å². The Labute approximate surface area is 120 Å². The molecule has 2 rings (SSSR count). The molecule has 0 aromatic heterocycles. The summed E-state index contributed by atoms with van der Waals surface area (Å²) in [6.07, 6.45) is 7.27. The van der Waals surface area contributed by atoms with Crippen molar-refractivity contribution in [1.29, 1.82) is 0 Å². The van der Waals surface area contributed by atoms with Gasteiger partial charge in [0.05, 0.1) is 0 Å². The molecule has 108 valence electrons. The van der Waals surface area contributed by atoms with Gasteiger partial charge in [0.2, 0.25) is 0 Å². The summed E-state index contributed by atoms with van der Waals surface area (Å²) in [6.45, 7) is 5.43. The highest BCUT2D eigenvalue weighted by Crippen LogP contribution is 2.30. The maximum atomic E-state index is 11.6. The average Bonchev–Trinajstić information content (AvgIpc) is 2.46. The minimum absolute atomic E-state index is 0.473. The Morgan fingerprint density at radius 1 is 1.35 bits per heavy atom. The van der Waals surface area contributed by atoms with Crippen LogP contribution in [-0.4, -0.2) is 29.1 Å². The van der Waals surface area contributed by atoms with Gasteiger partial charge in [0.1, 0.15) is 6.04 Å². The Balaban J connectivity index is 1.99. The van der Waals surface area contributed by atoms with Crippen molar-refractivity contribution in [2.45, 2.75) is 38.1 Å². The number of unbranched alkanes of at least 4 members (excludes halogenated alkanes) is 3. The van der Waals surface area contributed by atoms with E-state index in [0.29, 0.717) is 0 Å². The fourth-order valence-corrected chi connectivity index (χ4v) is 2.93. The van der Waals surface area contributed by atoms with E-state index >= 15 is 0 Å². The van der Waals surface area contributed by atoms with E-state index in [-0.39, 0.29) is 0 Å². The van der Waals surface area contributed by atoms with Crippen LogP contribution in [0.25, 0.3) is 0 Å². The van der Waals surface area contributed by atoms with Crippen LogP contribution in [0.2, 0.25) is 0 Å². The molecule has 0 saturated heterocycles. The van der Waals surface area contributed by atoms with Gasteiger partial charge in [-0.3, -0.25) is 9.69 Å². The van der Waals surface area contributed by atoms with Crippen LogP contribution in [-0.2, 0) is 11.2 Å². The lowest BCUT2D eigenvalue weighted by atomic mass is 9.92. The number of allylic oxidation sites excluding steroid dienone is 1. The van der Waals surface area contributed by atoms with E-state index in [9.17, 15) is 9.90 Å². The molecule has 1 aliphatic rings. The molecule has 0 aliphatic carbocycles. The molecule has 20 heavy (non-hydrogen) atoms. The molecular formula is C17H23NO2. The SMILES string of the molecule is C=CCCCCCN1CCc2ccccc2C1C(=O)O. The van der Waals surface area contributed by atoms with Gasteiger partial charge in [-0.05, 0) is 43.4 Å². The van der Waals surface area contributed by atoms with Crippen molar-refractivity contribution >= 4 is 5.97 Å². The fourth-order valence-electron chi connectivity index (χ4n) is 2.93. The molecule has 0 bridgehead atoms. The highest BCUT2D eigenvalue weighted by Gasteiger charge is 2.31. The molecule has 0 spiro atoms. The monoisotopic (exact) mass is 273 g/mol. The lowest BCUT2D eigenvalue weighted by Crippen LogP contribution is -2.40. The van der Waals surface area contributed by atoms with Crippen LogP contribution >= 0.6 is 0 Å². The predicted octanol–water partition coefficient (Wildman–Crippen LogP) is 3.42. The van der Waals surface area contributed by atoms with E-state index in [1.807, 2.05) is 30.3 Å². The minimum atomic E-state index is -0.733. The van der Waals surface area contributed by atoms with E-state index in [1.54, 1.807) is 0 Å². The topological polar surface area (TPSA) is 40.5 Å². The molecule has 0 fully saturated rings. The van der Waals surface area contributed by atoms with Gasteiger partial charge in [-0.1, -0.05) is 36.8 Å². The van der Waals surface area contributed by atoms with Gasteiger partial charge in [-0.15, -0.1) is 6.58 Å². The van der Waals surface area contributed by atoms with Crippen LogP contribution in [0, 0.1) is 0 Å². The van der Waals surface area contributed by atoms with Crippen LogP contribution in [0.4, 0.5) is 0 Å². The number of aliphatic carboxylic acids is 1. The molecular weight excluding hydrogens is 250 g/mol. The van der Waals surface area contributed by atoms with Gasteiger partial charge in [0.25, 0.3) is 0 Å². The van der Waals surface area contributed by atoms with Gasteiger partial charge in [-0.2, -0.15) is 0 Å². The van der Waals surface area contributed by atoms with Crippen molar-refractivity contribution < 1.29 is 9.90 Å². The highest BCUT2D eigenvalue weighted by atomic mass is 16.4. The Morgan fingerprint density at radius 3 is 2.90 bits per heavy atom. The number of hydrogen-bond donors (Lipinski definition) is 1. The van der Waals surface area contributed by atoms with Crippen LogP contribution in [0.15, 0.2) is 36.9 Å². The normalized spacial score (nSPS) is 18.5. The molecule has 1 aromatic rings. The van der Waals surface area contributed by atoms with E-state index in [2.05, 4.69) is 11.5 Å². The second-order valence-electron chi connectivity index (χ2n) is 5.36. The molecule has 0 saturated carbocycles. The highest BCUT2D eigenvalue weighted by molar-refractivity contribution is 5.76. The Hall–Kier alpha value is -1.61. The van der Waals surface area contributed by atoms with Gasteiger partial charge in [0.15, 0.2) is 0 Å². The smallest absolute Gasteiger partial charge is 0.325 e. The van der Waals surface area contributed by atoms with Crippen molar-refractivity contribution in [3.63, 3.8) is 0 Å². The van der Waals surface area contributed by atoms with Crippen molar-refractivity contribution in [2.75, 3.05) is 13.1 Å². The van der Waals surface area contributed by atoms with Crippen molar-refractivity contribution in [3.05, 3.63) is 48.0 Å². The van der Waals surface area contributed by atoms with E-state index in [1.165, 1.54) is 5.56 Å². The number of rotatable bonds is 7. The van der Waals surface area contributed by atoms with Crippen LogP contribution < -0.4 is 0 Å². The fraction of sp³-hybridized carbons (Fsp3) is 0.471. The maximum Gasteiger partial charge on any atom is 0.325 e. The molecule has 1 aromatic carbocycles. The summed E-state index contributed by atoms with van der Waals surface area (Å²) < 4.78 is 0. The second-order valence-corrected chi connectivity index (χ2v) is 5.36. The molecule has 0 amide bonds. The predicted molar refractivity (Wildman–Crippen MR) is 80.8 cm³/mol. The van der Waals surface area contributed by atoms with Gasteiger partial charge < -0.3 is 5.11 Å². The average molecular weight is 273 g/mol. The summed E-state index contributed by atoms with van der Waals surface area (Å²) in [4.78, 5) is 13.7. The van der Waals surface area contributed by atoms with Crippen molar-refractivity contribution in [1.82, 2.24) is 4.90 Å². The number of benzene rings is 1. The molecule has 1 atom stereocenters. The molecule has 1 aliphatic heterocycles. The zero-order chi connectivity index (χ0) is 14.4. The second kappa shape index (κ2) is 7.25. The number of hydrogen-bond acceptors (Lipinski definition) is 2. The lowest BCUT2D eigenvalue weighted by molar-refractivity contribution is -0.144. The maximum absolute atomic E-state index is 11.6. The van der Waals surface area contributed by atoms with Crippen LogP contribution in [0.3, 0.4) is 0 Å². The first-order valence-electron chi connectivity index (χ1n) is 7.39. The molecule has 3 nitrogen and oxygen atoms in total. The lowest BCUT2D eigenvalue weighted by Gasteiger charge is -2.34. The van der Waals surface area contributed by atoms with E-state index in [4.69, 9.17) is 0 Å². The minimum Gasteiger partial charge on any atom is -0.480 e. The molecule has 3 heteroatoms. The largest absolute Gasteiger partial charge is 0.480 e. The summed E-state index contributed by atoms with van der Waals surface area (Å²) in [6, 6.07) is 7.45. The zero-order valence-electron chi connectivity index (χ0n) is 11.9. The Morgan fingerprint density at radius 2 is 2.15 bits per heavy atom. The van der Waals surface area contributed by atoms with Gasteiger partial charge >= 0.3 is 5.97 Å². The first kappa shape index (κ1) is 14.8. The first-order chi connectivity index (χ1) is 9.74. The zero-order valence-corrected chi connectivity index (χ0v) is 11.9. The van der Waals surface area contributed by atoms with Crippen molar-refractivity contribution in [3.8, 4) is 0 Å². The molecule has 1 N–H and O–H groups in total. The summed E-state index contributed by atoms with van der Waals surface area (Å²) in [5, 5.41) is 9.54. The third-order valence-electron chi connectivity index (χ3n) is 3.97. The number of carboxylic acids is 1. The molecule has 0 radical (unpaired) electrons. The number of fused-ring (bicyclic) bond motifs is 1. The number of carbonyl (C=O) groups is 1. The number of carboxylic acid groups (broad SMARTS) is 1. The van der Waals surface area contributed by atoms with E-state index in [0.717, 1.165) is 50.8 Å². The van der Waals surface area contributed by atoms with E-state index < -0.39 is 12.0 Å². The van der Waals surface area contributed by atoms with Crippen LogP contribution in [0.5, 0.6) is 0 Å². The summed E-state index contributed by atoms with van der Waals surface area (Å²) in [5.41, 5.74) is 2.15. The summed E-state index contributed by atoms with van der Waals surface area (Å²) >= 11 is 0. The van der Waals surface area contributed by atoms with Crippen LogP contribution in [0.1, 0.15) is 42.9 Å². The third-order valence-corrected chi connectivity index (χ3v) is 3.97. The molecule has 1 heterocycles. The first-order valence-corrected chi connectivity index (χ1v) is 7.39. The Kier molecular flexibility index (Phi) is 5.36. The Bertz CT molecular complexity index is 470. The standard InChI is InChI=1S/C17H23NO2/c1-2-3-4-5-8-12-18-13-11-14-9-6-7-10-15(14)16(18)17(19)20/h2,6-7,9-10,16H,1,3-5,8,11-13H2,(H,19,20). The van der Waals surface area contributed by atoms with Crippen molar-refractivity contribution in [2.24, 2.45) is 0 Å². The number of nitrogens with zero attached hydrogens (tertiary/aromatic N) is 1.